The summed E-state index contributed by atoms with van der Waals surface area (Å²) in [5.41, 5.74) is 2.59. The molecule has 0 radical (unpaired) electrons. The third kappa shape index (κ3) is 2.93. The van der Waals surface area contributed by atoms with Gasteiger partial charge < -0.3 is 9.88 Å². The van der Waals surface area contributed by atoms with Crippen LogP contribution in [0.5, 0.6) is 0 Å². The predicted octanol–water partition coefficient (Wildman–Crippen LogP) is 1.98. The smallest absolute Gasteiger partial charge is 0.334 e. The van der Waals surface area contributed by atoms with Gasteiger partial charge in [-0.3, -0.25) is 4.79 Å². The maximum absolute atomic E-state index is 12.7. The van der Waals surface area contributed by atoms with E-state index in [1.807, 2.05) is 36.1 Å². The van der Waals surface area contributed by atoms with Crippen LogP contribution in [0, 0.1) is 6.92 Å². The minimum Gasteiger partial charge on any atom is -0.334 e. The van der Waals surface area contributed by atoms with Crippen LogP contribution in [0.2, 0.25) is 0 Å². The molecule has 1 saturated heterocycles. The molecule has 1 aromatic carbocycles. The number of hydrogen-bond acceptors (Lipinski definition) is 3. The fraction of sp³-hybridized carbons (Fsp3) is 0.353. The van der Waals surface area contributed by atoms with Crippen molar-refractivity contribution in [2.24, 2.45) is 0 Å². The highest BCUT2D eigenvalue weighted by Gasteiger charge is 2.30. The van der Waals surface area contributed by atoms with Crippen molar-refractivity contribution in [3.8, 4) is 0 Å². The second-order valence-corrected chi connectivity index (χ2v) is 5.68. The first-order chi connectivity index (χ1) is 10.6. The Morgan fingerprint density at radius 3 is 2.95 bits per heavy atom. The molecule has 0 bridgehead atoms. The summed E-state index contributed by atoms with van der Waals surface area (Å²) < 4.78 is 0. The molecule has 1 atom stereocenters. The van der Waals surface area contributed by atoms with Gasteiger partial charge in [-0.15, -0.1) is 0 Å². The number of aromatic amines is 1. The molecular weight excluding hydrogens is 278 g/mol. The standard InChI is InChI=1S/C17H19N3O2/c1-12-5-2-3-6-13(12)11-16(21)20-10-4-7-15(20)14-8-9-18-17(22)19-14/h2-3,5-6,8-9,15H,4,7,10-11H2,1H3,(H,18,19,22). The van der Waals surface area contributed by atoms with E-state index in [2.05, 4.69) is 9.97 Å². The van der Waals surface area contributed by atoms with Crippen molar-refractivity contribution in [1.29, 1.82) is 0 Å². The number of likely N-dealkylation sites (tertiary alicyclic amines) is 1. The number of hydrogen-bond donors (Lipinski definition) is 1. The molecule has 0 spiro atoms. The van der Waals surface area contributed by atoms with Gasteiger partial charge in [-0.1, -0.05) is 24.3 Å². The molecule has 114 valence electrons. The average molecular weight is 297 g/mol. The first-order valence-corrected chi connectivity index (χ1v) is 7.54. The second kappa shape index (κ2) is 6.13. The Hall–Kier alpha value is -2.43. The Morgan fingerprint density at radius 1 is 1.36 bits per heavy atom. The lowest BCUT2D eigenvalue weighted by Gasteiger charge is -2.25. The van der Waals surface area contributed by atoms with Crippen LogP contribution in [0.1, 0.15) is 35.7 Å². The number of carbonyl (C=O) groups excluding carboxylic acids is 1. The number of H-pyrrole nitrogens is 1. The van der Waals surface area contributed by atoms with E-state index in [0.29, 0.717) is 6.42 Å². The van der Waals surface area contributed by atoms with Gasteiger partial charge in [-0.05, 0) is 37.0 Å². The average Bonchev–Trinajstić information content (AvgIpc) is 2.99. The van der Waals surface area contributed by atoms with E-state index in [-0.39, 0.29) is 17.6 Å². The van der Waals surface area contributed by atoms with Gasteiger partial charge in [0, 0.05) is 18.4 Å². The van der Waals surface area contributed by atoms with Crippen LogP contribution in [0.25, 0.3) is 0 Å². The third-order valence-corrected chi connectivity index (χ3v) is 4.23. The first-order valence-electron chi connectivity index (χ1n) is 7.54. The summed E-state index contributed by atoms with van der Waals surface area (Å²) in [7, 11) is 0. The van der Waals surface area contributed by atoms with E-state index >= 15 is 0 Å². The Bertz CT molecular complexity index is 738. The van der Waals surface area contributed by atoms with Crippen molar-refractivity contribution in [2.75, 3.05) is 6.54 Å². The summed E-state index contributed by atoms with van der Waals surface area (Å²) >= 11 is 0. The molecule has 1 N–H and O–H groups in total. The van der Waals surface area contributed by atoms with Crippen molar-refractivity contribution in [3.05, 3.63) is 63.8 Å². The van der Waals surface area contributed by atoms with Gasteiger partial charge >= 0.3 is 5.69 Å². The van der Waals surface area contributed by atoms with Gasteiger partial charge in [0.25, 0.3) is 0 Å². The quantitative estimate of drug-likeness (QED) is 0.942. The van der Waals surface area contributed by atoms with Gasteiger partial charge in [0.05, 0.1) is 12.5 Å². The van der Waals surface area contributed by atoms with E-state index in [4.69, 9.17) is 0 Å². The molecule has 1 aliphatic rings. The van der Waals surface area contributed by atoms with Crippen molar-refractivity contribution in [2.45, 2.75) is 32.2 Å². The molecule has 2 aromatic rings. The van der Waals surface area contributed by atoms with E-state index in [1.54, 1.807) is 6.07 Å². The number of nitrogens with one attached hydrogen (secondary N) is 1. The monoisotopic (exact) mass is 297 g/mol. The summed E-state index contributed by atoms with van der Waals surface area (Å²) in [6, 6.07) is 9.68. The lowest BCUT2D eigenvalue weighted by atomic mass is 10.0. The van der Waals surface area contributed by atoms with Crippen molar-refractivity contribution in [3.63, 3.8) is 0 Å². The zero-order valence-corrected chi connectivity index (χ0v) is 12.6. The maximum Gasteiger partial charge on any atom is 0.345 e. The molecule has 1 fully saturated rings. The highest BCUT2D eigenvalue weighted by Crippen LogP contribution is 2.30. The molecule has 0 saturated carbocycles. The van der Waals surface area contributed by atoms with Crippen LogP contribution in [0.3, 0.4) is 0 Å². The first kappa shape index (κ1) is 14.5. The van der Waals surface area contributed by atoms with Gasteiger partial charge in [0.15, 0.2) is 0 Å². The summed E-state index contributed by atoms with van der Waals surface area (Å²) in [5, 5.41) is 0. The van der Waals surface area contributed by atoms with Crippen LogP contribution in [-0.2, 0) is 11.2 Å². The lowest BCUT2D eigenvalue weighted by molar-refractivity contribution is -0.131. The maximum atomic E-state index is 12.7. The summed E-state index contributed by atoms with van der Waals surface area (Å²) in [6.07, 6.45) is 3.73. The van der Waals surface area contributed by atoms with Crippen LogP contribution in [0.15, 0.2) is 41.3 Å². The van der Waals surface area contributed by atoms with Crippen molar-refractivity contribution < 1.29 is 4.79 Å². The highest BCUT2D eigenvalue weighted by atomic mass is 16.2. The number of aryl methyl sites for hydroxylation is 1. The molecule has 1 aliphatic heterocycles. The van der Waals surface area contributed by atoms with E-state index < -0.39 is 0 Å². The topological polar surface area (TPSA) is 66.1 Å². The zero-order chi connectivity index (χ0) is 15.5. The number of benzene rings is 1. The molecule has 22 heavy (non-hydrogen) atoms. The Balaban J connectivity index is 1.80. The molecule has 1 amide bonds. The molecule has 0 aliphatic carbocycles. The fourth-order valence-corrected chi connectivity index (χ4v) is 3.04. The minimum absolute atomic E-state index is 0.0489. The molecule has 3 rings (SSSR count). The van der Waals surface area contributed by atoms with E-state index in [0.717, 1.165) is 36.2 Å². The van der Waals surface area contributed by atoms with E-state index in [1.165, 1.54) is 6.20 Å². The van der Waals surface area contributed by atoms with Gasteiger partial charge in [0.2, 0.25) is 5.91 Å². The molecule has 2 heterocycles. The highest BCUT2D eigenvalue weighted by molar-refractivity contribution is 5.79. The number of nitrogens with zero attached hydrogens (tertiary/aromatic N) is 2. The predicted molar refractivity (Wildman–Crippen MR) is 83.4 cm³/mol. The van der Waals surface area contributed by atoms with Crippen molar-refractivity contribution in [1.82, 2.24) is 14.9 Å². The van der Waals surface area contributed by atoms with Crippen molar-refractivity contribution >= 4 is 5.91 Å². The number of amides is 1. The van der Waals surface area contributed by atoms with Gasteiger partial charge in [-0.2, -0.15) is 0 Å². The normalized spacial score (nSPS) is 17.7. The largest absolute Gasteiger partial charge is 0.345 e. The van der Waals surface area contributed by atoms with Crippen LogP contribution in [-0.4, -0.2) is 27.3 Å². The van der Waals surface area contributed by atoms with E-state index in [9.17, 15) is 9.59 Å². The number of rotatable bonds is 3. The van der Waals surface area contributed by atoms with Gasteiger partial charge in [-0.25, -0.2) is 9.78 Å². The Kier molecular flexibility index (Phi) is 4.04. The Labute approximate surface area is 129 Å². The summed E-state index contributed by atoms with van der Waals surface area (Å²) in [6.45, 7) is 2.75. The minimum atomic E-state index is -0.365. The van der Waals surface area contributed by atoms with Crippen LogP contribution in [0.4, 0.5) is 0 Å². The third-order valence-electron chi connectivity index (χ3n) is 4.23. The lowest BCUT2D eigenvalue weighted by Crippen LogP contribution is -2.33. The molecule has 5 heteroatoms. The fourth-order valence-electron chi connectivity index (χ4n) is 3.04. The SMILES string of the molecule is Cc1ccccc1CC(=O)N1CCCC1c1ccnc(=O)[nH]1. The number of carbonyl (C=O) groups is 1. The summed E-state index contributed by atoms with van der Waals surface area (Å²) in [5.74, 6) is 0.106. The number of aromatic nitrogens is 2. The zero-order valence-electron chi connectivity index (χ0n) is 12.6. The molecule has 1 aromatic heterocycles. The molecular formula is C17H19N3O2. The second-order valence-electron chi connectivity index (χ2n) is 5.68. The molecule has 5 nitrogen and oxygen atoms in total. The van der Waals surface area contributed by atoms with Crippen LogP contribution < -0.4 is 5.69 Å². The van der Waals surface area contributed by atoms with Crippen LogP contribution >= 0.6 is 0 Å². The summed E-state index contributed by atoms with van der Waals surface area (Å²) in [4.78, 5) is 32.3. The van der Waals surface area contributed by atoms with Gasteiger partial charge in [0.1, 0.15) is 0 Å². The molecule has 1 unspecified atom stereocenters. The Morgan fingerprint density at radius 2 is 2.18 bits per heavy atom.